The maximum Gasteiger partial charge on any atom is 0.234 e. The van der Waals surface area contributed by atoms with Gasteiger partial charge in [-0.3, -0.25) is 9.69 Å². The Morgan fingerprint density at radius 1 is 1.22 bits per heavy atom. The van der Waals surface area contributed by atoms with Crippen molar-refractivity contribution in [1.29, 1.82) is 0 Å². The van der Waals surface area contributed by atoms with Crippen LogP contribution in [0.25, 0.3) is 0 Å². The van der Waals surface area contributed by atoms with Gasteiger partial charge in [-0.15, -0.1) is 0 Å². The van der Waals surface area contributed by atoms with Crippen molar-refractivity contribution in [3.63, 3.8) is 0 Å². The summed E-state index contributed by atoms with van der Waals surface area (Å²) in [5.74, 6) is 0.891. The first-order chi connectivity index (χ1) is 13.0. The number of likely N-dealkylation sites (tertiary alicyclic amines) is 1. The van der Waals surface area contributed by atoms with Crippen molar-refractivity contribution < 1.29 is 4.79 Å². The molecule has 1 amide bonds. The van der Waals surface area contributed by atoms with E-state index in [9.17, 15) is 4.79 Å². The third-order valence-corrected chi connectivity index (χ3v) is 6.10. The predicted octanol–water partition coefficient (Wildman–Crippen LogP) is 3.22. The molecule has 1 aromatic heterocycles. The minimum absolute atomic E-state index is 0.0728. The highest BCUT2D eigenvalue weighted by atomic mass is 16.2. The van der Waals surface area contributed by atoms with Crippen LogP contribution in [0, 0.1) is 6.92 Å². The Labute approximate surface area is 163 Å². The molecule has 2 fully saturated rings. The average molecular weight is 374 g/mol. The summed E-state index contributed by atoms with van der Waals surface area (Å²) >= 11 is 0. The third kappa shape index (κ3) is 5.41. The van der Waals surface area contributed by atoms with Gasteiger partial charge in [0.15, 0.2) is 0 Å². The smallest absolute Gasteiger partial charge is 0.234 e. The molecule has 3 rings (SSSR count). The molecule has 1 aromatic rings. The number of carbonyl (C=O) groups excluding carboxylic acids is 1. The normalized spacial score (nSPS) is 20.3. The molecule has 0 bridgehead atoms. The largest absolute Gasteiger partial charge is 0.348 e. The molecule has 6 heteroatoms. The highest BCUT2D eigenvalue weighted by Gasteiger charge is 2.22. The second kappa shape index (κ2) is 9.49. The molecule has 1 unspecified atom stereocenters. The first-order valence-electron chi connectivity index (χ1n) is 10.6. The van der Waals surface area contributed by atoms with E-state index in [-0.39, 0.29) is 11.9 Å². The second-order valence-corrected chi connectivity index (χ2v) is 8.24. The van der Waals surface area contributed by atoms with E-state index in [0.29, 0.717) is 12.6 Å². The van der Waals surface area contributed by atoms with Gasteiger partial charge in [-0.25, -0.2) is 9.97 Å². The van der Waals surface area contributed by atoms with E-state index in [4.69, 9.17) is 4.98 Å². The quantitative estimate of drug-likeness (QED) is 0.830. The number of nitrogens with one attached hydrogen (secondary N) is 1. The summed E-state index contributed by atoms with van der Waals surface area (Å²) in [4.78, 5) is 26.2. The Morgan fingerprint density at radius 3 is 2.56 bits per heavy atom. The fourth-order valence-corrected chi connectivity index (χ4v) is 4.38. The lowest BCUT2D eigenvalue weighted by molar-refractivity contribution is -0.123. The highest BCUT2D eigenvalue weighted by Crippen LogP contribution is 2.25. The molecule has 2 aliphatic rings. The lowest BCUT2D eigenvalue weighted by Crippen LogP contribution is -2.40. The van der Waals surface area contributed by atoms with E-state index in [0.717, 1.165) is 30.3 Å². The average Bonchev–Trinajstić information content (AvgIpc) is 2.68. The van der Waals surface area contributed by atoms with Crippen LogP contribution in [0.4, 0.5) is 5.95 Å². The molecule has 1 saturated heterocycles. The standard InChI is InChI=1S/C21H35N5O/c1-16(23-20(27)15-26-12-8-5-9-13-26)19-14-22-21(24-17(19)2)25(3)18-10-6-4-7-11-18/h14,16,18H,4-13,15H2,1-3H3,(H,23,27). The summed E-state index contributed by atoms with van der Waals surface area (Å²) in [5.41, 5.74) is 1.95. The number of nitrogens with zero attached hydrogens (tertiary/aromatic N) is 4. The zero-order valence-electron chi connectivity index (χ0n) is 17.2. The highest BCUT2D eigenvalue weighted by molar-refractivity contribution is 5.78. The SMILES string of the molecule is Cc1nc(N(C)C2CCCCC2)ncc1C(C)NC(=O)CN1CCCCC1. The second-order valence-electron chi connectivity index (χ2n) is 8.24. The van der Waals surface area contributed by atoms with Crippen molar-refractivity contribution in [3.8, 4) is 0 Å². The Balaban J connectivity index is 1.57. The van der Waals surface area contributed by atoms with Gasteiger partial charge in [0.05, 0.1) is 12.6 Å². The van der Waals surface area contributed by atoms with Gasteiger partial charge >= 0.3 is 0 Å². The molecule has 0 spiro atoms. The number of amides is 1. The van der Waals surface area contributed by atoms with Crippen LogP contribution in [-0.2, 0) is 4.79 Å². The molecule has 1 atom stereocenters. The van der Waals surface area contributed by atoms with Crippen LogP contribution in [0.3, 0.4) is 0 Å². The van der Waals surface area contributed by atoms with E-state index in [1.807, 2.05) is 20.0 Å². The number of carbonyl (C=O) groups is 1. The van der Waals surface area contributed by atoms with Crippen LogP contribution in [0.1, 0.15) is 75.6 Å². The van der Waals surface area contributed by atoms with Gasteiger partial charge in [0.25, 0.3) is 0 Å². The molecule has 1 N–H and O–H groups in total. The van der Waals surface area contributed by atoms with Gasteiger partial charge in [-0.05, 0) is 52.6 Å². The molecule has 1 aliphatic heterocycles. The molecular formula is C21H35N5O. The summed E-state index contributed by atoms with van der Waals surface area (Å²) in [6.07, 6.45) is 12.0. The van der Waals surface area contributed by atoms with E-state index < -0.39 is 0 Å². The fourth-order valence-electron chi connectivity index (χ4n) is 4.38. The molecule has 0 radical (unpaired) electrons. The van der Waals surface area contributed by atoms with Gasteiger partial charge < -0.3 is 10.2 Å². The number of aryl methyl sites for hydroxylation is 1. The van der Waals surface area contributed by atoms with Gasteiger partial charge in [-0.1, -0.05) is 25.7 Å². The van der Waals surface area contributed by atoms with Crippen molar-refractivity contribution in [3.05, 3.63) is 17.5 Å². The lowest BCUT2D eigenvalue weighted by atomic mass is 9.95. The van der Waals surface area contributed by atoms with Gasteiger partial charge in [0.2, 0.25) is 11.9 Å². The van der Waals surface area contributed by atoms with E-state index >= 15 is 0 Å². The van der Waals surface area contributed by atoms with Crippen LogP contribution < -0.4 is 10.2 Å². The topological polar surface area (TPSA) is 61.4 Å². The predicted molar refractivity (Wildman–Crippen MR) is 109 cm³/mol. The van der Waals surface area contributed by atoms with Crippen LogP contribution >= 0.6 is 0 Å². The van der Waals surface area contributed by atoms with E-state index in [1.54, 1.807) is 0 Å². The maximum absolute atomic E-state index is 12.4. The van der Waals surface area contributed by atoms with E-state index in [1.165, 1.54) is 51.4 Å². The summed E-state index contributed by atoms with van der Waals surface area (Å²) in [7, 11) is 2.11. The number of hydrogen-bond acceptors (Lipinski definition) is 5. The minimum atomic E-state index is -0.0728. The zero-order chi connectivity index (χ0) is 19.2. The molecular weight excluding hydrogens is 338 g/mol. The summed E-state index contributed by atoms with van der Waals surface area (Å²) in [6.45, 7) is 6.60. The van der Waals surface area contributed by atoms with Crippen LogP contribution in [0.15, 0.2) is 6.20 Å². The number of hydrogen-bond donors (Lipinski definition) is 1. The van der Waals surface area contributed by atoms with Crippen molar-refractivity contribution in [1.82, 2.24) is 20.2 Å². The van der Waals surface area contributed by atoms with Crippen molar-refractivity contribution in [2.24, 2.45) is 0 Å². The summed E-state index contributed by atoms with van der Waals surface area (Å²) < 4.78 is 0. The number of piperidine rings is 1. The molecule has 27 heavy (non-hydrogen) atoms. The van der Waals surface area contributed by atoms with Crippen molar-refractivity contribution in [2.45, 2.75) is 77.3 Å². The monoisotopic (exact) mass is 373 g/mol. The Bertz CT molecular complexity index is 623. The summed E-state index contributed by atoms with van der Waals surface area (Å²) in [6, 6.07) is 0.474. The maximum atomic E-state index is 12.4. The fraction of sp³-hybridized carbons (Fsp3) is 0.762. The van der Waals surface area contributed by atoms with Crippen molar-refractivity contribution in [2.75, 3.05) is 31.6 Å². The van der Waals surface area contributed by atoms with Gasteiger partial charge in [0, 0.05) is 30.5 Å². The van der Waals surface area contributed by atoms with Crippen molar-refractivity contribution >= 4 is 11.9 Å². The first kappa shape index (κ1) is 20.1. The van der Waals surface area contributed by atoms with Gasteiger partial charge in [-0.2, -0.15) is 0 Å². The molecule has 2 heterocycles. The summed E-state index contributed by atoms with van der Waals surface area (Å²) in [5, 5.41) is 3.12. The number of aromatic nitrogens is 2. The lowest BCUT2D eigenvalue weighted by Gasteiger charge is -2.31. The Kier molecular flexibility index (Phi) is 7.05. The zero-order valence-corrected chi connectivity index (χ0v) is 17.2. The minimum Gasteiger partial charge on any atom is -0.348 e. The molecule has 1 saturated carbocycles. The van der Waals surface area contributed by atoms with Gasteiger partial charge in [0.1, 0.15) is 0 Å². The molecule has 0 aromatic carbocycles. The van der Waals surface area contributed by atoms with Crippen LogP contribution in [0.5, 0.6) is 0 Å². The molecule has 1 aliphatic carbocycles. The Hall–Kier alpha value is -1.69. The molecule has 6 nitrogen and oxygen atoms in total. The Morgan fingerprint density at radius 2 is 1.89 bits per heavy atom. The number of rotatable bonds is 6. The van der Waals surface area contributed by atoms with E-state index in [2.05, 4.69) is 27.1 Å². The first-order valence-corrected chi connectivity index (χ1v) is 10.6. The third-order valence-electron chi connectivity index (χ3n) is 6.10. The van der Waals surface area contributed by atoms with Crippen LogP contribution in [-0.4, -0.2) is 53.5 Å². The number of anilines is 1. The molecule has 150 valence electrons. The van der Waals surface area contributed by atoms with Crippen LogP contribution in [0.2, 0.25) is 0 Å².